The number of halogens is 1. The number of ether oxygens (including phenoxy) is 1. The Morgan fingerprint density at radius 3 is 2.43 bits per heavy atom. The van der Waals surface area contributed by atoms with Crippen LogP contribution in [0.25, 0.3) is 0 Å². The van der Waals surface area contributed by atoms with Crippen molar-refractivity contribution in [1.82, 2.24) is 0 Å². The highest BCUT2D eigenvalue weighted by molar-refractivity contribution is 6.31. The molecule has 74 valence electrons. The molecule has 14 heavy (non-hydrogen) atoms. The van der Waals surface area contributed by atoms with Gasteiger partial charge in [0.2, 0.25) is 0 Å². The van der Waals surface area contributed by atoms with Crippen LogP contribution in [-0.2, 0) is 4.74 Å². The Hall–Kier alpha value is -1.35. The zero-order valence-corrected chi connectivity index (χ0v) is 8.59. The summed E-state index contributed by atoms with van der Waals surface area (Å²) in [6.45, 7) is 1.38. The first-order chi connectivity index (χ1) is 6.56. The van der Waals surface area contributed by atoms with E-state index in [4.69, 9.17) is 11.6 Å². The second-order valence-electron chi connectivity index (χ2n) is 2.74. The molecular weight excluding hydrogens is 204 g/mol. The molecule has 0 heterocycles. The van der Waals surface area contributed by atoms with Gasteiger partial charge in [0.1, 0.15) is 0 Å². The lowest BCUT2D eigenvalue weighted by Gasteiger charge is -2.04. The van der Waals surface area contributed by atoms with E-state index in [0.29, 0.717) is 10.6 Å². The highest BCUT2D eigenvalue weighted by Gasteiger charge is 2.14. The third kappa shape index (κ3) is 2.12. The molecule has 0 amide bonds. The van der Waals surface area contributed by atoms with Gasteiger partial charge in [-0.1, -0.05) is 11.6 Å². The fraction of sp³-hybridized carbons (Fsp3) is 0.200. The monoisotopic (exact) mass is 212 g/mol. The minimum Gasteiger partial charge on any atom is -0.465 e. The third-order valence-electron chi connectivity index (χ3n) is 1.77. The number of rotatable bonds is 2. The van der Waals surface area contributed by atoms with E-state index in [1.54, 1.807) is 6.07 Å². The number of ketones is 1. The molecule has 0 aliphatic rings. The topological polar surface area (TPSA) is 43.4 Å². The molecule has 0 spiro atoms. The van der Waals surface area contributed by atoms with E-state index >= 15 is 0 Å². The van der Waals surface area contributed by atoms with Crippen molar-refractivity contribution in [2.75, 3.05) is 7.11 Å². The van der Waals surface area contributed by atoms with Gasteiger partial charge in [0.15, 0.2) is 5.78 Å². The van der Waals surface area contributed by atoms with Gasteiger partial charge in [-0.25, -0.2) is 4.79 Å². The van der Waals surface area contributed by atoms with E-state index in [1.807, 2.05) is 0 Å². The summed E-state index contributed by atoms with van der Waals surface area (Å²) in [5.74, 6) is -0.750. The molecule has 1 aromatic carbocycles. The highest BCUT2D eigenvalue weighted by Crippen LogP contribution is 2.17. The van der Waals surface area contributed by atoms with Crippen LogP contribution >= 0.6 is 11.6 Å². The van der Waals surface area contributed by atoms with Crippen molar-refractivity contribution in [1.29, 1.82) is 0 Å². The Labute approximate surface area is 86.6 Å². The van der Waals surface area contributed by atoms with Crippen molar-refractivity contribution < 1.29 is 14.3 Å². The standard InChI is InChI=1S/C10H9ClO3/c1-6(12)8-4-3-7(11)5-9(8)10(13)14-2/h3-5H,1-2H3. The van der Waals surface area contributed by atoms with E-state index < -0.39 is 5.97 Å². The lowest BCUT2D eigenvalue weighted by molar-refractivity contribution is 0.0597. The summed E-state index contributed by atoms with van der Waals surface area (Å²) >= 11 is 5.70. The molecule has 0 saturated heterocycles. The second-order valence-corrected chi connectivity index (χ2v) is 3.17. The maximum Gasteiger partial charge on any atom is 0.338 e. The van der Waals surface area contributed by atoms with Gasteiger partial charge in [0.05, 0.1) is 12.7 Å². The molecule has 0 bridgehead atoms. The van der Waals surface area contributed by atoms with Gasteiger partial charge in [-0.3, -0.25) is 4.79 Å². The number of esters is 1. The normalized spacial score (nSPS) is 9.64. The van der Waals surface area contributed by atoms with E-state index in [2.05, 4.69) is 4.74 Å². The van der Waals surface area contributed by atoms with Crippen molar-refractivity contribution in [2.45, 2.75) is 6.92 Å². The Morgan fingerprint density at radius 2 is 1.93 bits per heavy atom. The van der Waals surface area contributed by atoms with Gasteiger partial charge >= 0.3 is 5.97 Å². The Balaban J connectivity index is 3.29. The van der Waals surface area contributed by atoms with E-state index in [9.17, 15) is 9.59 Å². The lowest BCUT2D eigenvalue weighted by Crippen LogP contribution is -2.08. The van der Waals surface area contributed by atoms with E-state index in [0.717, 1.165) is 0 Å². The molecule has 1 rings (SSSR count). The van der Waals surface area contributed by atoms with Gasteiger partial charge in [-0.15, -0.1) is 0 Å². The molecular formula is C10H9ClO3. The smallest absolute Gasteiger partial charge is 0.338 e. The molecule has 0 atom stereocenters. The van der Waals surface area contributed by atoms with Crippen molar-refractivity contribution in [3.8, 4) is 0 Å². The summed E-state index contributed by atoms with van der Waals surface area (Å²) < 4.78 is 4.53. The minimum atomic E-state index is -0.558. The van der Waals surface area contributed by atoms with Crippen LogP contribution in [0.4, 0.5) is 0 Å². The summed E-state index contributed by atoms with van der Waals surface area (Å²) in [6, 6.07) is 4.49. The lowest BCUT2D eigenvalue weighted by atomic mass is 10.0. The summed E-state index contributed by atoms with van der Waals surface area (Å²) in [6.07, 6.45) is 0. The largest absolute Gasteiger partial charge is 0.465 e. The second kappa shape index (κ2) is 4.24. The van der Waals surface area contributed by atoms with Crippen LogP contribution in [-0.4, -0.2) is 18.9 Å². The van der Waals surface area contributed by atoms with E-state index in [1.165, 1.54) is 26.2 Å². The molecule has 0 saturated carbocycles. The predicted octanol–water partition coefficient (Wildman–Crippen LogP) is 2.33. The zero-order valence-electron chi connectivity index (χ0n) is 7.83. The van der Waals surface area contributed by atoms with Crippen LogP contribution in [0.2, 0.25) is 5.02 Å². The van der Waals surface area contributed by atoms with E-state index in [-0.39, 0.29) is 11.3 Å². The van der Waals surface area contributed by atoms with Gasteiger partial charge in [-0.05, 0) is 25.1 Å². The third-order valence-corrected chi connectivity index (χ3v) is 2.00. The fourth-order valence-electron chi connectivity index (χ4n) is 1.10. The molecule has 3 nitrogen and oxygen atoms in total. The van der Waals surface area contributed by atoms with Crippen LogP contribution in [0.1, 0.15) is 27.6 Å². The van der Waals surface area contributed by atoms with Crippen molar-refractivity contribution in [3.05, 3.63) is 34.3 Å². The SMILES string of the molecule is COC(=O)c1cc(Cl)ccc1C(C)=O. The molecule has 0 aromatic heterocycles. The minimum absolute atomic E-state index is 0.193. The summed E-state index contributed by atoms with van der Waals surface area (Å²) in [4.78, 5) is 22.4. The average molecular weight is 213 g/mol. The maximum atomic E-state index is 11.3. The highest BCUT2D eigenvalue weighted by atomic mass is 35.5. The molecule has 0 aliphatic carbocycles. The zero-order chi connectivity index (χ0) is 10.7. The van der Waals surface area contributed by atoms with Crippen molar-refractivity contribution in [2.24, 2.45) is 0 Å². The maximum absolute atomic E-state index is 11.3. The average Bonchev–Trinajstić information content (AvgIpc) is 2.16. The fourth-order valence-corrected chi connectivity index (χ4v) is 1.27. The number of hydrogen-bond acceptors (Lipinski definition) is 3. The molecule has 0 fully saturated rings. The van der Waals surface area contributed by atoms with Crippen LogP contribution in [0.15, 0.2) is 18.2 Å². The van der Waals surface area contributed by atoms with Gasteiger partial charge in [0.25, 0.3) is 0 Å². The van der Waals surface area contributed by atoms with Crippen LogP contribution in [0.5, 0.6) is 0 Å². The molecule has 0 aliphatic heterocycles. The van der Waals surface area contributed by atoms with Crippen molar-refractivity contribution >= 4 is 23.4 Å². The Kier molecular flexibility index (Phi) is 3.25. The summed E-state index contributed by atoms with van der Waals surface area (Å²) in [5, 5.41) is 0.399. The molecule has 0 radical (unpaired) electrons. The van der Waals surface area contributed by atoms with Crippen LogP contribution in [0.3, 0.4) is 0 Å². The molecule has 1 aromatic rings. The first kappa shape index (κ1) is 10.7. The number of methoxy groups -OCH3 is 1. The number of Topliss-reactive ketones (excluding diaryl/α,β-unsaturated/α-hetero) is 1. The first-order valence-corrected chi connectivity index (χ1v) is 4.33. The van der Waals surface area contributed by atoms with Gasteiger partial charge in [-0.2, -0.15) is 0 Å². The van der Waals surface area contributed by atoms with Gasteiger partial charge in [0, 0.05) is 10.6 Å². The van der Waals surface area contributed by atoms with Crippen LogP contribution in [0, 0.1) is 0 Å². The Bertz CT molecular complexity index is 385. The molecule has 4 heteroatoms. The number of benzene rings is 1. The van der Waals surface area contributed by atoms with Gasteiger partial charge < -0.3 is 4.74 Å². The molecule has 0 N–H and O–H groups in total. The van der Waals surface area contributed by atoms with Crippen molar-refractivity contribution in [3.63, 3.8) is 0 Å². The Morgan fingerprint density at radius 1 is 1.29 bits per heavy atom. The summed E-state index contributed by atoms with van der Waals surface area (Å²) in [7, 11) is 1.26. The quantitative estimate of drug-likeness (QED) is 0.558. The number of carbonyl (C=O) groups is 2. The summed E-state index contributed by atoms with van der Waals surface area (Å²) in [5.41, 5.74) is 0.522. The molecule has 0 unspecified atom stereocenters. The number of carbonyl (C=O) groups excluding carboxylic acids is 2. The number of hydrogen-bond donors (Lipinski definition) is 0. The predicted molar refractivity (Wildman–Crippen MR) is 52.8 cm³/mol. The first-order valence-electron chi connectivity index (χ1n) is 3.95. The van der Waals surface area contributed by atoms with Crippen LogP contribution < -0.4 is 0 Å².